The van der Waals surface area contributed by atoms with Crippen molar-refractivity contribution in [3.63, 3.8) is 0 Å². The quantitative estimate of drug-likeness (QED) is 0.753. The molecule has 1 fully saturated rings. The number of ether oxygens (including phenoxy) is 1. The van der Waals surface area contributed by atoms with Gasteiger partial charge in [0.1, 0.15) is 12.1 Å². The molecule has 17 heavy (non-hydrogen) atoms. The van der Waals surface area contributed by atoms with E-state index in [1.54, 1.807) is 0 Å². The monoisotopic (exact) mass is 241 g/mol. The lowest BCUT2D eigenvalue weighted by atomic mass is 9.84. The lowest BCUT2D eigenvalue weighted by molar-refractivity contribution is -0.155. The summed E-state index contributed by atoms with van der Waals surface area (Å²) in [5.74, 6) is 0.772. The summed E-state index contributed by atoms with van der Waals surface area (Å²) in [6.45, 7) is 6.32. The van der Waals surface area contributed by atoms with E-state index in [1.807, 2.05) is 0 Å². The molecule has 1 aliphatic rings. The zero-order valence-electron chi connectivity index (χ0n) is 11.4. The van der Waals surface area contributed by atoms with Gasteiger partial charge in [0.2, 0.25) is 0 Å². The molecule has 0 spiro atoms. The van der Waals surface area contributed by atoms with Crippen LogP contribution in [0.3, 0.4) is 0 Å². The van der Waals surface area contributed by atoms with Crippen molar-refractivity contribution in [2.75, 3.05) is 0 Å². The summed E-state index contributed by atoms with van der Waals surface area (Å²) in [5, 5.41) is 0. The summed E-state index contributed by atoms with van der Waals surface area (Å²) in [7, 11) is 0. The molecule has 3 atom stereocenters. The molecule has 0 radical (unpaired) electrons. The first kappa shape index (κ1) is 14.5. The molecule has 0 aromatic rings. The third-order valence-corrected chi connectivity index (χ3v) is 3.66. The van der Waals surface area contributed by atoms with Crippen molar-refractivity contribution < 1.29 is 9.53 Å². The van der Waals surface area contributed by atoms with Gasteiger partial charge in [0.05, 0.1) is 0 Å². The van der Waals surface area contributed by atoms with E-state index < -0.39 is 6.04 Å². The van der Waals surface area contributed by atoms with Crippen LogP contribution in [0.5, 0.6) is 0 Å². The van der Waals surface area contributed by atoms with Gasteiger partial charge in [-0.05, 0) is 43.9 Å². The second-order valence-electron chi connectivity index (χ2n) is 5.66. The third kappa shape index (κ3) is 4.66. The molecular formula is C14H27NO2. The predicted molar refractivity (Wildman–Crippen MR) is 69.6 cm³/mol. The fourth-order valence-corrected chi connectivity index (χ4v) is 2.64. The summed E-state index contributed by atoms with van der Waals surface area (Å²) in [4.78, 5) is 11.9. The van der Waals surface area contributed by atoms with Crippen molar-refractivity contribution in [1.29, 1.82) is 0 Å². The fraction of sp³-hybridized carbons (Fsp3) is 0.929. The van der Waals surface area contributed by atoms with Gasteiger partial charge in [-0.3, -0.25) is 4.79 Å². The van der Waals surface area contributed by atoms with E-state index in [1.165, 1.54) is 19.3 Å². The maximum atomic E-state index is 11.9. The summed E-state index contributed by atoms with van der Waals surface area (Å²) in [5.41, 5.74) is 5.85. The Morgan fingerprint density at radius 3 is 2.59 bits per heavy atom. The maximum Gasteiger partial charge on any atom is 0.323 e. The summed E-state index contributed by atoms with van der Waals surface area (Å²) >= 11 is 0. The highest BCUT2D eigenvalue weighted by Crippen LogP contribution is 2.29. The zero-order chi connectivity index (χ0) is 12.8. The minimum Gasteiger partial charge on any atom is -0.461 e. The Bertz CT molecular complexity index is 240. The molecule has 1 rings (SSSR count). The van der Waals surface area contributed by atoms with Crippen LogP contribution in [-0.2, 0) is 9.53 Å². The summed E-state index contributed by atoms with van der Waals surface area (Å²) < 4.78 is 5.59. The number of carbonyl (C=O) groups is 1. The fourth-order valence-electron chi connectivity index (χ4n) is 2.64. The number of nitrogens with two attached hydrogens (primary N) is 1. The molecule has 3 nitrogen and oxygen atoms in total. The normalized spacial score (nSPS) is 26.9. The highest BCUT2D eigenvalue weighted by molar-refractivity contribution is 5.75. The standard InChI is InChI=1S/C14H27NO2/c1-4-11-7-5-6-8-13(11)17-14(16)12(15)9-10(2)3/h10-13H,4-9,15H2,1-3H3/t11?,12-,13?/m0/s1. The summed E-state index contributed by atoms with van der Waals surface area (Å²) in [6, 6.07) is -0.450. The van der Waals surface area contributed by atoms with E-state index in [0.717, 1.165) is 12.8 Å². The van der Waals surface area contributed by atoms with Gasteiger partial charge in [0, 0.05) is 0 Å². The van der Waals surface area contributed by atoms with Gasteiger partial charge in [0.15, 0.2) is 0 Å². The van der Waals surface area contributed by atoms with Crippen LogP contribution in [0.4, 0.5) is 0 Å². The molecule has 100 valence electrons. The minimum absolute atomic E-state index is 0.111. The Morgan fingerprint density at radius 1 is 1.35 bits per heavy atom. The van der Waals surface area contributed by atoms with Crippen molar-refractivity contribution in [2.24, 2.45) is 17.6 Å². The largest absolute Gasteiger partial charge is 0.461 e. The van der Waals surface area contributed by atoms with Crippen molar-refractivity contribution in [2.45, 2.75) is 71.4 Å². The van der Waals surface area contributed by atoms with Gasteiger partial charge in [-0.2, -0.15) is 0 Å². The number of hydrogen-bond acceptors (Lipinski definition) is 3. The van der Waals surface area contributed by atoms with Crippen LogP contribution in [0, 0.1) is 11.8 Å². The highest BCUT2D eigenvalue weighted by atomic mass is 16.5. The molecule has 0 bridgehead atoms. The van der Waals surface area contributed by atoms with Crippen molar-refractivity contribution >= 4 is 5.97 Å². The van der Waals surface area contributed by atoms with Crippen LogP contribution < -0.4 is 5.73 Å². The van der Waals surface area contributed by atoms with Gasteiger partial charge in [0.25, 0.3) is 0 Å². The van der Waals surface area contributed by atoms with E-state index in [0.29, 0.717) is 18.3 Å². The van der Waals surface area contributed by atoms with Gasteiger partial charge in [-0.1, -0.05) is 27.2 Å². The SMILES string of the molecule is CCC1CCCCC1OC(=O)[C@@H](N)CC(C)C. The first-order valence-electron chi connectivity index (χ1n) is 7.00. The van der Waals surface area contributed by atoms with Gasteiger partial charge in [-0.15, -0.1) is 0 Å². The first-order valence-corrected chi connectivity index (χ1v) is 7.00. The van der Waals surface area contributed by atoms with Crippen molar-refractivity contribution in [3.8, 4) is 0 Å². The van der Waals surface area contributed by atoms with E-state index >= 15 is 0 Å². The Kier molecular flexibility index (Phi) is 5.96. The van der Waals surface area contributed by atoms with E-state index in [4.69, 9.17) is 10.5 Å². The number of carbonyl (C=O) groups excluding carboxylic acids is 1. The van der Waals surface area contributed by atoms with Crippen molar-refractivity contribution in [1.82, 2.24) is 0 Å². The van der Waals surface area contributed by atoms with Gasteiger partial charge < -0.3 is 10.5 Å². The molecule has 0 saturated heterocycles. The Labute approximate surface area is 105 Å². The smallest absolute Gasteiger partial charge is 0.323 e. The lowest BCUT2D eigenvalue weighted by Crippen LogP contribution is -2.39. The molecule has 1 aliphatic carbocycles. The molecule has 1 saturated carbocycles. The van der Waals surface area contributed by atoms with Crippen LogP contribution in [0.1, 0.15) is 59.3 Å². The average molecular weight is 241 g/mol. The van der Waals surface area contributed by atoms with Crippen LogP contribution in [0.2, 0.25) is 0 Å². The molecule has 0 aromatic heterocycles. The lowest BCUT2D eigenvalue weighted by Gasteiger charge is -2.31. The van der Waals surface area contributed by atoms with Crippen LogP contribution in [0.25, 0.3) is 0 Å². The molecule has 2 unspecified atom stereocenters. The number of rotatable bonds is 5. The molecule has 0 aromatic carbocycles. The highest BCUT2D eigenvalue weighted by Gasteiger charge is 2.28. The second-order valence-corrected chi connectivity index (χ2v) is 5.66. The second kappa shape index (κ2) is 7.00. The Balaban J connectivity index is 2.43. The number of esters is 1. The minimum atomic E-state index is -0.450. The first-order chi connectivity index (χ1) is 8.04. The molecule has 0 aliphatic heterocycles. The average Bonchev–Trinajstić information content (AvgIpc) is 2.28. The predicted octanol–water partition coefficient (Wildman–Crippen LogP) is 2.87. The molecular weight excluding hydrogens is 214 g/mol. The Hall–Kier alpha value is -0.570. The van der Waals surface area contributed by atoms with Crippen LogP contribution in [0.15, 0.2) is 0 Å². The van der Waals surface area contributed by atoms with E-state index in [9.17, 15) is 4.79 Å². The van der Waals surface area contributed by atoms with Gasteiger partial charge >= 0.3 is 5.97 Å². The van der Waals surface area contributed by atoms with Gasteiger partial charge in [-0.25, -0.2) is 0 Å². The van der Waals surface area contributed by atoms with Crippen LogP contribution >= 0.6 is 0 Å². The van der Waals surface area contributed by atoms with Crippen LogP contribution in [-0.4, -0.2) is 18.1 Å². The topological polar surface area (TPSA) is 52.3 Å². The molecule has 0 heterocycles. The number of hydrogen-bond donors (Lipinski definition) is 1. The maximum absolute atomic E-state index is 11.9. The third-order valence-electron chi connectivity index (χ3n) is 3.66. The van der Waals surface area contributed by atoms with E-state index in [2.05, 4.69) is 20.8 Å². The molecule has 3 heteroatoms. The molecule has 0 amide bonds. The zero-order valence-corrected chi connectivity index (χ0v) is 11.4. The van der Waals surface area contributed by atoms with Crippen molar-refractivity contribution in [3.05, 3.63) is 0 Å². The van der Waals surface area contributed by atoms with E-state index in [-0.39, 0.29) is 12.1 Å². The molecule has 2 N–H and O–H groups in total. The summed E-state index contributed by atoms with van der Waals surface area (Å²) in [6.07, 6.45) is 6.56. The Morgan fingerprint density at radius 2 is 2.00 bits per heavy atom.